The zero-order valence-corrected chi connectivity index (χ0v) is 11.1. The van der Waals surface area contributed by atoms with Crippen molar-refractivity contribution in [2.75, 3.05) is 33.4 Å². The third-order valence-corrected chi connectivity index (χ3v) is 3.04. The minimum absolute atomic E-state index is 0.314. The second-order valence-corrected chi connectivity index (χ2v) is 4.65. The van der Waals surface area contributed by atoms with Crippen LogP contribution in [0.3, 0.4) is 0 Å². The molecule has 1 atom stereocenters. The molecule has 0 fully saturated rings. The molecule has 0 aliphatic heterocycles. The summed E-state index contributed by atoms with van der Waals surface area (Å²) in [7, 11) is 1.73. The van der Waals surface area contributed by atoms with E-state index in [0.717, 1.165) is 26.2 Å². The number of likely N-dealkylation sites (N-methyl/N-ethyl adjacent to an activating group) is 1. The molecular formula is C14H24N2O. The van der Waals surface area contributed by atoms with Crippen LogP contribution in [0.15, 0.2) is 30.3 Å². The summed E-state index contributed by atoms with van der Waals surface area (Å²) in [5.74, 6) is 0. The molecule has 2 N–H and O–H groups in total. The fraction of sp³-hybridized carbons (Fsp3) is 0.571. The van der Waals surface area contributed by atoms with Gasteiger partial charge in [0.2, 0.25) is 0 Å². The summed E-state index contributed by atoms with van der Waals surface area (Å²) in [5.41, 5.74) is 7.27. The lowest BCUT2D eigenvalue weighted by atomic mass is 9.92. The average molecular weight is 236 g/mol. The predicted molar refractivity (Wildman–Crippen MR) is 72.0 cm³/mol. The van der Waals surface area contributed by atoms with Crippen molar-refractivity contribution in [3.63, 3.8) is 0 Å². The van der Waals surface area contributed by atoms with Gasteiger partial charge in [0.1, 0.15) is 0 Å². The molecule has 1 unspecified atom stereocenters. The van der Waals surface area contributed by atoms with Gasteiger partial charge in [-0.2, -0.15) is 0 Å². The number of hydrogen-bond acceptors (Lipinski definition) is 3. The van der Waals surface area contributed by atoms with Crippen LogP contribution >= 0.6 is 0 Å². The van der Waals surface area contributed by atoms with Gasteiger partial charge in [0.25, 0.3) is 0 Å². The average Bonchev–Trinajstić information content (AvgIpc) is 2.35. The van der Waals surface area contributed by atoms with Crippen molar-refractivity contribution < 1.29 is 4.74 Å². The Bertz CT molecular complexity index is 311. The van der Waals surface area contributed by atoms with Crippen LogP contribution in [0, 0.1) is 0 Å². The first-order chi connectivity index (χ1) is 8.10. The topological polar surface area (TPSA) is 38.5 Å². The minimum atomic E-state index is -0.314. The molecule has 3 heteroatoms. The van der Waals surface area contributed by atoms with Gasteiger partial charge < -0.3 is 10.5 Å². The van der Waals surface area contributed by atoms with E-state index in [9.17, 15) is 0 Å². The summed E-state index contributed by atoms with van der Waals surface area (Å²) in [5, 5.41) is 0. The fourth-order valence-corrected chi connectivity index (χ4v) is 1.94. The Morgan fingerprint density at radius 1 is 1.29 bits per heavy atom. The summed E-state index contributed by atoms with van der Waals surface area (Å²) >= 11 is 0. The third kappa shape index (κ3) is 4.46. The molecule has 0 aliphatic rings. The van der Waals surface area contributed by atoms with Gasteiger partial charge >= 0.3 is 0 Å². The van der Waals surface area contributed by atoms with Gasteiger partial charge in [0.05, 0.1) is 12.1 Å². The Hall–Kier alpha value is -0.900. The Morgan fingerprint density at radius 2 is 1.94 bits per heavy atom. The lowest BCUT2D eigenvalue weighted by Gasteiger charge is -2.32. The number of methoxy groups -OCH3 is 1. The minimum Gasteiger partial charge on any atom is -0.383 e. The third-order valence-electron chi connectivity index (χ3n) is 3.04. The zero-order chi connectivity index (χ0) is 12.7. The SMILES string of the molecule is CCN(CCOC)CC(C)(N)c1ccccc1. The largest absolute Gasteiger partial charge is 0.383 e. The van der Waals surface area contributed by atoms with E-state index in [1.807, 2.05) is 18.2 Å². The molecule has 17 heavy (non-hydrogen) atoms. The Labute approximate surface area is 105 Å². The normalized spacial score (nSPS) is 14.9. The van der Waals surface area contributed by atoms with Crippen molar-refractivity contribution in [3.05, 3.63) is 35.9 Å². The van der Waals surface area contributed by atoms with E-state index >= 15 is 0 Å². The summed E-state index contributed by atoms with van der Waals surface area (Å²) < 4.78 is 5.11. The Kier molecular flexibility index (Phi) is 5.62. The highest BCUT2D eigenvalue weighted by atomic mass is 16.5. The van der Waals surface area contributed by atoms with Crippen LogP contribution in [0.2, 0.25) is 0 Å². The van der Waals surface area contributed by atoms with E-state index in [2.05, 4.69) is 30.9 Å². The first-order valence-corrected chi connectivity index (χ1v) is 6.16. The lowest BCUT2D eigenvalue weighted by molar-refractivity contribution is 0.136. The monoisotopic (exact) mass is 236 g/mol. The molecule has 1 aromatic rings. The maximum absolute atomic E-state index is 6.40. The second kappa shape index (κ2) is 6.74. The number of ether oxygens (including phenoxy) is 1. The standard InChI is InChI=1S/C14H24N2O/c1-4-16(10-11-17-3)12-14(2,15)13-8-6-5-7-9-13/h5-9H,4,10-12,15H2,1-3H3. The first-order valence-electron chi connectivity index (χ1n) is 6.16. The highest BCUT2D eigenvalue weighted by Crippen LogP contribution is 2.18. The molecule has 0 spiro atoms. The maximum atomic E-state index is 6.40. The smallest absolute Gasteiger partial charge is 0.0589 e. The summed E-state index contributed by atoms with van der Waals surface area (Å²) in [6.45, 7) is 7.74. The highest BCUT2D eigenvalue weighted by molar-refractivity contribution is 5.23. The van der Waals surface area contributed by atoms with Crippen LogP contribution in [0.25, 0.3) is 0 Å². The maximum Gasteiger partial charge on any atom is 0.0589 e. The van der Waals surface area contributed by atoms with E-state index in [1.54, 1.807) is 7.11 Å². The summed E-state index contributed by atoms with van der Waals surface area (Å²) in [6, 6.07) is 10.3. The van der Waals surface area contributed by atoms with E-state index in [1.165, 1.54) is 5.56 Å². The van der Waals surface area contributed by atoms with E-state index in [0.29, 0.717) is 0 Å². The molecule has 0 radical (unpaired) electrons. The van der Waals surface area contributed by atoms with Gasteiger partial charge in [-0.3, -0.25) is 4.90 Å². The van der Waals surface area contributed by atoms with Gasteiger partial charge in [-0.1, -0.05) is 37.3 Å². The van der Waals surface area contributed by atoms with Gasteiger partial charge in [0.15, 0.2) is 0 Å². The molecule has 0 aliphatic carbocycles. The molecule has 0 saturated heterocycles. The number of benzene rings is 1. The van der Waals surface area contributed by atoms with Crippen molar-refractivity contribution in [1.29, 1.82) is 0 Å². The first kappa shape index (κ1) is 14.2. The zero-order valence-electron chi connectivity index (χ0n) is 11.1. The van der Waals surface area contributed by atoms with Crippen molar-refractivity contribution in [1.82, 2.24) is 4.90 Å². The number of nitrogens with two attached hydrogens (primary N) is 1. The summed E-state index contributed by atoms with van der Waals surface area (Å²) in [4.78, 5) is 2.32. The van der Waals surface area contributed by atoms with Crippen LogP contribution < -0.4 is 5.73 Å². The molecule has 3 nitrogen and oxygen atoms in total. The number of hydrogen-bond donors (Lipinski definition) is 1. The van der Waals surface area contributed by atoms with Gasteiger partial charge in [-0.15, -0.1) is 0 Å². The molecule has 0 aromatic heterocycles. The molecule has 1 rings (SSSR count). The lowest BCUT2D eigenvalue weighted by Crippen LogP contribution is -2.46. The summed E-state index contributed by atoms with van der Waals surface area (Å²) in [6.07, 6.45) is 0. The van der Waals surface area contributed by atoms with Gasteiger partial charge in [-0.25, -0.2) is 0 Å². The fourth-order valence-electron chi connectivity index (χ4n) is 1.94. The van der Waals surface area contributed by atoms with Crippen LogP contribution in [-0.2, 0) is 10.3 Å². The van der Waals surface area contributed by atoms with Crippen LogP contribution in [-0.4, -0.2) is 38.3 Å². The molecule has 0 heterocycles. The number of rotatable bonds is 7. The van der Waals surface area contributed by atoms with Crippen molar-refractivity contribution in [3.8, 4) is 0 Å². The van der Waals surface area contributed by atoms with E-state index < -0.39 is 0 Å². The van der Waals surface area contributed by atoms with Gasteiger partial charge in [0, 0.05) is 20.2 Å². The molecule has 0 saturated carbocycles. The molecule has 0 amide bonds. The van der Waals surface area contributed by atoms with Gasteiger partial charge in [-0.05, 0) is 19.0 Å². The second-order valence-electron chi connectivity index (χ2n) is 4.65. The molecule has 0 bridgehead atoms. The van der Waals surface area contributed by atoms with Crippen molar-refractivity contribution >= 4 is 0 Å². The predicted octanol–water partition coefficient (Wildman–Crippen LogP) is 1.83. The number of nitrogens with zero attached hydrogens (tertiary/aromatic N) is 1. The Balaban J connectivity index is 2.64. The highest BCUT2D eigenvalue weighted by Gasteiger charge is 2.23. The van der Waals surface area contributed by atoms with E-state index in [-0.39, 0.29) is 5.54 Å². The van der Waals surface area contributed by atoms with E-state index in [4.69, 9.17) is 10.5 Å². The van der Waals surface area contributed by atoms with Crippen LogP contribution in [0.4, 0.5) is 0 Å². The molecule has 96 valence electrons. The quantitative estimate of drug-likeness (QED) is 0.785. The van der Waals surface area contributed by atoms with Crippen molar-refractivity contribution in [2.45, 2.75) is 19.4 Å². The van der Waals surface area contributed by atoms with Crippen molar-refractivity contribution in [2.24, 2.45) is 5.73 Å². The van der Waals surface area contributed by atoms with Crippen LogP contribution in [0.5, 0.6) is 0 Å². The Morgan fingerprint density at radius 3 is 2.47 bits per heavy atom. The van der Waals surface area contributed by atoms with Crippen LogP contribution in [0.1, 0.15) is 19.4 Å². The molecule has 1 aromatic carbocycles. The molecular weight excluding hydrogens is 212 g/mol.